The van der Waals surface area contributed by atoms with Crippen LogP contribution >= 0.6 is 0 Å². The van der Waals surface area contributed by atoms with Crippen LogP contribution in [0.3, 0.4) is 0 Å². The van der Waals surface area contributed by atoms with Gasteiger partial charge in [-0.1, -0.05) is 42.5 Å². The molecular formula is C24H22F4N2. The predicted octanol–water partition coefficient (Wildman–Crippen LogP) is 6.17. The summed E-state index contributed by atoms with van der Waals surface area (Å²) >= 11 is 0. The Bertz CT molecular complexity index is 999. The van der Waals surface area contributed by atoms with Crippen molar-refractivity contribution < 1.29 is 17.6 Å². The molecular weight excluding hydrogens is 392 g/mol. The van der Waals surface area contributed by atoms with E-state index in [2.05, 4.69) is 9.88 Å². The molecule has 1 fully saturated rings. The number of hydrogen-bond donors (Lipinski definition) is 0. The lowest BCUT2D eigenvalue weighted by Gasteiger charge is -2.24. The first-order chi connectivity index (χ1) is 14.4. The number of aromatic nitrogens is 1. The van der Waals surface area contributed by atoms with Gasteiger partial charge in [-0.05, 0) is 55.1 Å². The van der Waals surface area contributed by atoms with Crippen molar-refractivity contribution in [3.05, 3.63) is 101 Å². The molecule has 0 N–H and O–H groups in total. The van der Waals surface area contributed by atoms with E-state index in [9.17, 15) is 17.6 Å². The van der Waals surface area contributed by atoms with E-state index in [1.165, 1.54) is 18.2 Å². The summed E-state index contributed by atoms with van der Waals surface area (Å²) < 4.78 is 52.8. The summed E-state index contributed by atoms with van der Waals surface area (Å²) in [4.78, 5) is 6.81. The van der Waals surface area contributed by atoms with Crippen LogP contribution in [0.15, 0.2) is 66.9 Å². The molecule has 0 amide bonds. The molecule has 2 nitrogen and oxygen atoms in total. The molecule has 6 heteroatoms. The topological polar surface area (TPSA) is 16.1 Å². The maximum atomic E-state index is 14.0. The quantitative estimate of drug-likeness (QED) is 0.464. The molecule has 1 aliphatic heterocycles. The van der Waals surface area contributed by atoms with Gasteiger partial charge in [-0.2, -0.15) is 13.2 Å². The van der Waals surface area contributed by atoms with E-state index >= 15 is 0 Å². The minimum atomic E-state index is -4.34. The van der Waals surface area contributed by atoms with Crippen LogP contribution in [-0.2, 0) is 19.1 Å². The van der Waals surface area contributed by atoms with Crippen LogP contribution in [0.2, 0.25) is 0 Å². The molecule has 3 aromatic rings. The van der Waals surface area contributed by atoms with Crippen LogP contribution in [0.5, 0.6) is 0 Å². The Morgan fingerprint density at radius 3 is 2.53 bits per heavy atom. The van der Waals surface area contributed by atoms with Gasteiger partial charge in [0, 0.05) is 18.3 Å². The van der Waals surface area contributed by atoms with Gasteiger partial charge in [0.25, 0.3) is 0 Å². The zero-order valence-corrected chi connectivity index (χ0v) is 16.4. The fourth-order valence-corrected chi connectivity index (χ4v) is 4.03. The second-order valence-electron chi connectivity index (χ2n) is 7.69. The van der Waals surface area contributed by atoms with Gasteiger partial charge in [0.15, 0.2) is 0 Å². The van der Waals surface area contributed by atoms with Crippen LogP contribution in [-0.4, -0.2) is 16.4 Å². The third-order valence-electron chi connectivity index (χ3n) is 5.55. The maximum absolute atomic E-state index is 14.0. The Kier molecular flexibility index (Phi) is 5.86. The molecule has 0 saturated carbocycles. The zero-order chi connectivity index (χ0) is 21.1. The van der Waals surface area contributed by atoms with E-state index in [0.29, 0.717) is 24.1 Å². The highest BCUT2D eigenvalue weighted by Crippen LogP contribution is 2.33. The molecule has 0 radical (unpaired) electrons. The van der Waals surface area contributed by atoms with E-state index in [1.54, 1.807) is 24.4 Å². The lowest BCUT2D eigenvalue weighted by Crippen LogP contribution is -2.24. The Morgan fingerprint density at radius 1 is 0.967 bits per heavy atom. The smallest absolute Gasteiger partial charge is 0.290 e. The summed E-state index contributed by atoms with van der Waals surface area (Å²) in [6.07, 6.45) is -0.251. The molecule has 0 aliphatic carbocycles. The second-order valence-corrected chi connectivity index (χ2v) is 7.69. The minimum Gasteiger partial charge on any atom is -0.290 e. The monoisotopic (exact) mass is 414 g/mol. The van der Waals surface area contributed by atoms with Gasteiger partial charge >= 0.3 is 6.18 Å². The van der Waals surface area contributed by atoms with E-state index in [1.807, 2.05) is 18.2 Å². The first-order valence-corrected chi connectivity index (χ1v) is 9.98. The van der Waals surface area contributed by atoms with E-state index < -0.39 is 11.7 Å². The third kappa shape index (κ3) is 4.70. The molecule has 1 atom stereocenters. The number of rotatable bonds is 5. The number of likely N-dealkylation sites (tertiary alicyclic amines) is 1. The summed E-state index contributed by atoms with van der Waals surface area (Å²) in [6, 6.07) is 16.2. The molecule has 2 heterocycles. The molecule has 0 bridgehead atoms. The van der Waals surface area contributed by atoms with E-state index in [4.69, 9.17) is 0 Å². The fraction of sp³-hybridized carbons (Fsp3) is 0.292. The Balaban J connectivity index is 1.46. The lowest BCUT2D eigenvalue weighted by atomic mass is 10.0. The van der Waals surface area contributed by atoms with Crippen molar-refractivity contribution in [1.82, 2.24) is 9.88 Å². The van der Waals surface area contributed by atoms with Gasteiger partial charge in [-0.3, -0.25) is 9.88 Å². The second kappa shape index (κ2) is 8.56. The van der Waals surface area contributed by atoms with Crippen molar-refractivity contribution in [3.8, 4) is 0 Å². The van der Waals surface area contributed by atoms with Gasteiger partial charge in [0.1, 0.15) is 5.82 Å². The van der Waals surface area contributed by atoms with Crippen LogP contribution in [0, 0.1) is 5.82 Å². The van der Waals surface area contributed by atoms with Crippen molar-refractivity contribution in [2.75, 3.05) is 6.54 Å². The predicted molar refractivity (Wildman–Crippen MR) is 107 cm³/mol. The highest BCUT2D eigenvalue weighted by molar-refractivity contribution is 5.30. The Hall–Kier alpha value is -2.73. The van der Waals surface area contributed by atoms with E-state index in [0.717, 1.165) is 36.7 Å². The van der Waals surface area contributed by atoms with Crippen molar-refractivity contribution in [2.45, 2.75) is 38.0 Å². The number of alkyl halides is 3. The maximum Gasteiger partial charge on any atom is 0.416 e. The lowest BCUT2D eigenvalue weighted by molar-refractivity contribution is -0.137. The molecule has 2 aromatic carbocycles. The standard InChI is InChI=1S/C24H22F4N2/c25-21-8-2-1-6-19(21)16-30-12-4-9-23(30)22-11-10-18(15-29-22)13-17-5-3-7-20(14-17)24(26,27)28/h1-3,5-8,10-11,14-15,23H,4,9,12-13,16H2/t23-/m1/s1. The van der Waals surface area contributed by atoms with Crippen molar-refractivity contribution in [1.29, 1.82) is 0 Å². The van der Waals surface area contributed by atoms with Gasteiger partial charge in [0.2, 0.25) is 0 Å². The summed E-state index contributed by atoms with van der Waals surface area (Å²) in [5.41, 5.74) is 2.40. The van der Waals surface area contributed by atoms with Crippen LogP contribution in [0.25, 0.3) is 0 Å². The summed E-state index contributed by atoms with van der Waals surface area (Å²) in [5.74, 6) is -0.201. The fourth-order valence-electron chi connectivity index (χ4n) is 4.03. The third-order valence-corrected chi connectivity index (χ3v) is 5.55. The average molecular weight is 414 g/mol. The van der Waals surface area contributed by atoms with Gasteiger partial charge < -0.3 is 0 Å². The summed E-state index contributed by atoms with van der Waals surface area (Å²) in [5, 5.41) is 0. The summed E-state index contributed by atoms with van der Waals surface area (Å²) in [7, 11) is 0. The SMILES string of the molecule is Fc1ccccc1CN1CCC[C@@H]1c1ccc(Cc2cccc(C(F)(F)F)c2)cn1. The number of pyridine rings is 1. The first-order valence-electron chi connectivity index (χ1n) is 9.98. The average Bonchev–Trinajstić information content (AvgIpc) is 3.18. The largest absolute Gasteiger partial charge is 0.416 e. The Labute approximate surface area is 173 Å². The van der Waals surface area contributed by atoms with Crippen LogP contribution in [0.1, 0.15) is 46.8 Å². The van der Waals surface area contributed by atoms with Crippen molar-refractivity contribution >= 4 is 0 Å². The van der Waals surface area contributed by atoms with E-state index in [-0.39, 0.29) is 11.9 Å². The molecule has 0 unspecified atom stereocenters. The molecule has 30 heavy (non-hydrogen) atoms. The highest BCUT2D eigenvalue weighted by Gasteiger charge is 2.30. The highest BCUT2D eigenvalue weighted by atomic mass is 19.4. The van der Waals surface area contributed by atoms with Crippen molar-refractivity contribution in [2.24, 2.45) is 0 Å². The molecule has 0 spiro atoms. The summed E-state index contributed by atoms with van der Waals surface area (Å²) in [6.45, 7) is 1.41. The molecule has 1 aromatic heterocycles. The van der Waals surface area contributed by atoms with Crippen LogP contribution in [0.4, 0.5) is 17.6 Å². The minimum absolute atomic E-state index is 0.118. The zero-order valence-electron chi connectivity index (χ0n) is 16.4. The van der Waals surface area contributed by atoms with Crippen molar-refractivity contribution in [3.63, 3.8) is 0 Å². The first kappa shape index (κ1) is 20.5. The number of hydrogen-bond acceptors (Lipinski definition) is 2. The molecule has 1 aliphatic rings. The molecule has 4 rings (SSSR count). The number of benzene rings is 2. The van der Waals surface area contributed by atoms with Gasteiger partial charge in [-0.25, -0.2) is 4.39 Å². The number of halogens is 4. The molecule has 1 saturated heterocycles. The van der Waals surface area contributed by atoms with Gasteiger partial charge in [-0.15, -0.1) is 0 Å². The van der Waals surface area contributed by atoms with Crippen LogP contribution < -0.4 is 0 Å². The van der Waals surface area contributed by atoms with Gasteiger partial charge in [0.05, 0.1) is 17.3 Å². The Morgan fingerprint density at radius 2 is 1.80 bits per heavy atom. The normalized spacial score (nSPS) is 17.4. The molecule has 156 valence electrons. The number of nitrogens with zero attached hydrogens (tertiary/aromatic N) is 2.